The summed E-state index contributed by atoms with van der Waals surface area (Å²) in [6, 6.07) is 6.08. The fraction of sp³-hybridized carbons (Fsp3) is 0.500. The largest absolute Gasteiger partial charge is 0.384 e. The average molecular weight is 212 g/mol. The maximum absolute atomic E-state index is 6.16. The minimum atomic E-state index is 0.687. The van der Waals surface area contributed by atoms with Gasteiger partial charge in [-0.2, -0.15) is 0 Å². The van der Waals surface area contributed by atoms with Gasteiger partial charge in [0.2, 0.25) is 0 Å². The Morgan fingerprint density at radius 3 is 2.79 bits per heavy atom. The molecule has 1 unspecified atom stereocenters. The van der Waals surface area contributed by atoms with Gasteiger partial charge in [-0.1, -0.05) is 44.0 Å². The lowest BCUT2D eigenvalue weighted by Crippen LogP contribution is -2.10. The van der Waals surface area contributed by atoms with Crippen molar-refractivity contribution in [3.63, 3.8) is 0 Å². The lowest BCUT2D eigenvalue weighted by molar-refractivity contribution is 0.593. The van der Waals surface area contributed by atoms with Crippen LogP contribution in [-0.2, 0) is 0 Å². The van der Waals surface area contributed by atoms with Gasteiger partial charge in [-0.05, 0) is 24.5 Å². The number of hydrogen-bond acceptors (Lipinski definition) is 1. The van der Waals surface area contributed by atoms with Gasteiger partial charge in [0, 0.05) is 6.54 Å². The predicted octanol–water partition coefficient (Wildman–Crippen LogP) is 4.11. The van der Waals surface area contributed by atoms with Crippen LogP contribution in [-0.4, -0.2) is 6.54 Å². The van der Waals surface area contributed by atoms with Gasteiger partial charge in [-0.15, -0.1) is 0 Å². The standard InChI is InChI=1S/C12H18ClN/c1-4-9(2)8-14-11-7-5-6-10(3)12(11)13/h5-7,9,14H,4,8H2,1-3H3. The van der Waals surface area contributed by atoms with Gasteiger partial charge in [0.1, 0.15) is 0 Å². The number of aryl methyl sites for hydroxylation is 1. The minimum Gasteiger partial charge on any atom is -0.384 e. The molecule has 0 amide bonds. The van der Waals surface area contributed by atoms with Gasteiger partial charge in [0.15, 0.2) is 0 Å². The van der Waals surface area contributed by atoms with E-state index in [1.54, 1.807) is 0 Å². The molecule has 78 valence electrons. The lowest BCUT2D eigenvalue weighted by atomic mass is 10.1. The molecular formula is C12H18ClN. The Labute approximate surface area is 91.5 Å². The van der Waals surface area contributed by atoms with E-state index in [1.807, 2.05) is 25.1 Å². The molecule has 0 radical (unpaired) electrons. The molecule has 0 aliphatic carbocycles. The third kappa shape index (κ3) is 2.91. The molecule has 1 N–H and O–H groups in total. The molecule has 0 aromatic heterocycles. The molecular weight excluding hydrogens is 194 g/mol. The summed E-state index contributed by atoms with van der Waals surface area (Å²) in [5.74, 6) is 0.687. The van der Waals surface area contributed by atoms with Crippen molar-refractivity contribution < 1.29 is 0 Å². The summed E-state index contributed by atoms with van der Waals surface area (Å²) in [5.41, 5.74) is 2.17. The van der Waals surface area contributed by atoms with Crippen molar-refractivity contribution >= 4 is 17.3 Å². The lowest BCUT2D eigenvalue weighted by Gasteiger charge is -2.13. The van der Waals surface area contributed by atoms with E-state index in [9.17, 15) is 0 Å². The number of rotatable bonds is 4. The van der Waals surface area contributed by atoms with Crippen molar-refractivity contribution in [1.29, 1.82) is 0 Å². The van der Waals surface area contributed by atoms with E-state index in [1.165, 1.54) is 6.42 Å². The first kappa shape index (κ1) is 11.4. The first-order valence-corrected chi connectivity index (χ1v) is 5.52. The Bertz CT molecular complexity index is 296. The molecule has 14 heavy (non-hydrogen) atoms. The quantitative estimate of drug-likeness (QED) is 0.791. The Balaban J connectivity index is 2.63. The molecule has 0 aliphatic heterocycles. The van der Waals surface area contributed by atoms with Crippen LogP contribution in [0.15, 0.2) is 18.2 Å². The molecule has 1 aromatic carbocycles. The first-order valence-electron chi connectivity index (χ1n) is 5.14. The van der Waals surface area contributed by atoms with E-state index < -0.39 is 0 Å². The molecule has 0 spiro atoms. The Kier molecular flexibility index (Phi) is 4.27. The van der Waals surface area contributed by atoms with Crippen molar-refractivity contribution in [3.05, 3.63) is 28.8 Å². The van der Waals surface area contributed by atoms with E-state index in [-0.39, 0.29) is 0 Å². The molecule has 1 atom stereocenters. The fourth-order valence-electron chi connectivity index (χ4n) is 1.21. The Hall–Kier alpha value is -0.690. The van der Waals surface area contributed by atoms with Crippen molar-refractivity contribution in [2.24, 2.45) is 5.92 Å². The molecule has 0 heterocycles. The fourth-order valence-corrected chi connectivity index (χ4v) is 1.41. The summed E-state index contributed by atoms with van der Waals surface area (Å²) in [7, 11) is 0. The highest BCUT2D eigenvalue weighted by Gasteiger charge is 2.03. The molecule has 1 nitrogen and oxygen atoms in total. The first-order chi connectivity index (χ1) is 6.65. The van der Waals surface area contributed by atoms with E-state index in [0.717, 1.165) is 22.8 Å². The van der Waals surface area contributed by atoms with Crippen molar-refractivity contribution in [2.75, 3.05) is 11.9 Å². The third-order valence-corrected chi connectivity index (χ3v) is 3.03. The molecule has 0 bridgehead atoms. The molecule has 0 aliphatic rings. The summed E-state index contributed by atoms with van der Waals surface area (Å²) >= 11 is 6.16. The van der Waals surface area contributed by atoms with Crippen LogP contribution in [0.25, 0.3) is 0 Å². The smallest absolute Gasteiger partial charge is 0.0666 e. The highest BCUT2D eigenvalue weighted by atomic mass is 35.5. The average Bonchev–Trinajstić information content (AvgIpc) is 2.20. The van der Waals surface area contributed by atoms with Gasteiger partial charge in [0.05, 0.1) is 10.7 Å². The van der Waals surface area contributed by atoms with Gasteiger partial charge >= 0.3 is 0 Å². The normalized spacial score (nSPS) is 12.6. The SMILES string of the molecule is CCC(C)CNc1cccc(C)c1Cl. The number of halogens is 1. The van der Waals surface area contributed by atoms with E-state index in [0.29, 0.717) is 5.92 Å². The maximum atomic E-state index is 6.16. The predicted molar refractivity (Wildman–Crippen MR) is 64.1 cm³/mol. The van der Waals surface area contributed by atoms with Crippen LogP contribution in [0.3, 0.4) is 0 Å². The second kappa shape index (κ2) is 5.26. The second-order valence-electron chi connectivity index (χ2n) is 3.83. The van der Waals surface area contributed by atoms with E-state index in [2.05, 4.69) is 19.2 Å². The van der Waals surface area contributed by atoms with Crippen LogP contribution < -0.4 is 5.32 Å². The van der Waals surface area contributed by atoms with Crippen LogP contribution in [0, 0.1) is 12.8 Å². The Morgan fingerprint density at radius 2 is 2.14 bits per heavy atom. The summed E-state index contributed by atoms with van der Waals surface area (Å²) in [5, 5.41) is 4.22. The van der Waals surface area contributed by atoms with Gasteiger partial charge < -0.3 is 5.32 Å². The molecule has 0 saturated heterocycles. The molecule has 1 rings (SSSR count). The van der Waals surface area contributed by atoms with Crippen molar-refractivity contribution in [1.82, 2.24) is 0 Å². The molecule has 2 heteroatoms. The highest BCUT2D eigenvalue weighted by molar-refractivity contribution is 6.33. The van der Waals surface area contributed by atoms with Crippen LogP contribution in [0.1, 0.15) is 25.8 Å². The Morgan fingerprint density at radius 1 is 1.43 bits per heavy atom. The summed E-state index contributed by atoms with van der Waals surface area (Å²) < 4.78 is 0. The van der Waals surface area contributed by atoms with Gasteiger partial charge in [0.25, 0.3) is 0 Å². The number of nitrogens with one attached hydrogen (secondary N) is 1. The van der Waals surface area contributed by atoms with Crippen molar-refractivity contribution in [3.8, 4) is 0 Å². The molecule has 0 saturated carbocycles. The monoisotopic (exact) mass is 211 g/mol. The zero-order chi connectivity index (χ0) is 10.6. The maximum Gasteiger partial charge on any atom is 0.0666 e. The second-order valence-corrected chi connectivity index (χ2v) is 4.21. The topological polar surface area (TPSA) is 12.0 Å². The number of hydrogen-bond donors (Lipinski definition) is 1. The van der Waals surface area contributed by atoms with E-state index >= 15 is 0 Å². The summed E-state index contributed by atoms with van der Waals surface area (Å²) in [6.07, 6.45) is 1.19. The van der Waals surface area contributed by atoms with Crippen LogP contribution in [0.5, 0.6) is 0 Å². The molecule has 1 aromatic rings. The summed E-state index contributed by atoms with van der Waals surface area (Å²) in [4.78, 5) is 0. The molecule has 0 fully saturated rings. The van der Waals surface area contributed by atoms with Gasteiger partial charge in [-0.25, -0.2) is 0 Å². The highest BCUT2D eigenvalue weighted by Crippen LogP contribution is 2.25. The zero-order valence-electron chi connectivity index (χ0n) is 9.10. The minimum absolute atomic E-state index is 0.687. The zero-order valence-corrected chi connectivity index (χ0v) is 9.86. The third-order valence-electron chi connectivity index (χ3n) is 2.53. The van der Waals surface area contributed by atoms with E-state index in [4.69, 9.17) is 11.6 Å². The van der Waals surface area contributed by atoms with Crippen LogP contribution in [0.2, 0.25) is 5.02 Å². The van der Waals surface area contributed by atoms with Crippen molar-refractivity contribution in [2.45, 2.75) is 27.2 Å². The van der Waals surface area contributed by atoms with Crippen LogP contribution in [0.4, 0.5) is 5.69 Å². The summed E-state index contributed by atoms with van der Waals surface area (Å²) in [6.45, 7) is 7.44. The van der Waals surface area contributed by atoms with Gasteiger partial charge in [-0.3, -0.25) is 0 Å². The number of benzene rings is 1. The van der Waals surface area contributed by atoms with Crippen LogP contribution >= 0.6 is 11.6 Å². The number of anilines is 1.